The molecule has 3 saturated carbocycles. The standard InChI is InChI=1S/C37H58N2O9/c1-20-22-18-26(33(43)39-13-14-39)38-32(42)30(22)48-29(20)31(41)36(4,44)28-9-12-37(45)24-19-27(40)25-17-21(47-16-6-15-46-5)7-10-34(25,2)23(24)8-11-35(28,37)3/h19-23,25-26,28-32,38,41-42,44-45H,6-18H2,1-5H3/t20-,21+,22-,23+,25+,26+,28+,29+,30-,31-,32+,34-,35-,36+,37-/m1/s1. The molecular formula is C37H58N2O9. The van der Waals surface area contributed by atoms with Gasteiger partial charge in [-0.15, -0.1) is 0 Å². The van der Waals surface area contributed by atoms with Gasteiger partial charge in [0.15, 0.2) is 5.78 Å². The minimum Gasteiger partial charge on any atom is -0.387 e. The molecule has 15 atom stereocenters. The summed E-state index contributed by atoms with van der Waals surface area (Å²) in [4.78, 5) is 28.4. The van der Waals surface area contributed by atoms with Gasteiger partial charge in [0.25, 0.3) is 0 Å². The van der Waals surface area contributed by atoms with Crippen molar-refractivity contribution in [1.82, 2.24) is 10.2 Å². The van der Waals surface area contributed by atoms with E-state index in [2.05, 4.69) is 12.2 Å². The number of methoxy groups -OCH3 is 1. The average molecular weight is 675 g/mol. The monoisotopic (exact) mass is 674 g/mol. The van der Waals surface area contributed by atoms with Gasteiger partial charge in [-0.2, -0.15) is 0 Å². The van der Waals surface area contributed by atoms with Crippen molar-refractivity contribution in [2.75, 3.05) is 33.4 Å². The Morgan fingerprint density at radius 1 is 1.15 bits per heavy atom. The van der Waals surface area contributed by atoms with Crippen LogP contribution in [0.2, 0.25) is 0 Å². The van der Waals surface area contributed by atoms with Crippen LogP contribution in [-0.4, -0.2) is 118 Å². The van der Waals surface area contributed by atoms with Crippen LogP contribution in [0, 0.1) is 40.4 Å². The van der Waals surface area contributed by atoms with Crippen molar-refractivity contribution in [3.63, 3.8) is 0 Å². The maximum absolute atomic E-state index is 13.9. The summed E-state index contributed by atoms with van der Waals surface area (Å²) in [7, 11) is 1.68. The molecule has 270 valence electrons. The van der Waals surface area contributed by atoms with Crippen molar-refractivity contribution in [1.29, 1.82) is 0 Å². The number of hydrogen-bond acceptors (Lipinski definition) is 10. The van der Waals surface area contributed by atoms with E-state index >= 15 is 0 Å². The molecule has 48 heavy (non-hydrogen) atoms. The highest BCUT2D eigenvalue weighted by atomic mass is 16.5. The number of fused-ring (bicyclic) bond motifs is 6. The first kappa shape index (κ1) is 35.0. The summed E-state index contributed by atoms with van der Waals surface area (Å²) in [5.74, 6) is -0.847. The second-order valence-electron chi connectivity index (χ2n) is 17.1. The molecule has 1 amide bonds. The molecule has 3 aliphatic heterocycles. The number of aliphatic hydroxyl groups is 4. The van der Waals surface area contributed by atoms with Crippen molar-refractivity contribution in [3.8, 4) is 0 Å². The topological polar surface area (TPSA) is 158 Å². The molecule has 11 heteroatoms. The zero-order valence-electron chi connectivity index (χ0n) is 29.4. The Kier molecular flexibility index (Phi) is 9.01. The van der Waals surface area contributed by atoms with E-state index < -0.39 is 53.1 Å². The fourth-order valence-electron chi connectivity index (χ4n) is 11.7. The predicted octanol–water partition coefficient (Wildman–Crippen LogP) is 1.94. The lowest BCUT2D eigenvalue weighted by Crippen LogP contribution is -2.63. The molecule has 0 radical (unpaired) electrons. The molecular weight excluding hydrogens is 616 g/mol. The predicted molar refractivity (Wildman–Crippen MR) is 175 cm³/mol. The first-order chi connectivity index (χ1) is 22.7. The zero-order chi connectivity index (χ0) is 34.4. The third kappa shape index (κ3) is 5.28. The summed E-state index contributed by atoms with van der Waals surface area (Å²) in [5, 5.41) is 51.0. The van der Waals surface area contributed by atoms with Gasteiger partial charge in [-0.1, -0.05) is 20.8 Å². The number of amides is 1. The Hall–Kier alpha value is -1.44. The second kappa shape index (κ2) is 12.4. The van der Waals surface area contributed by atoms with E-state index in [-0.39, 0.29) is 46.9 Å². The van der Waals surface area contributed by atoms with Gasteiger partial charge in [0.2, 0.25) is 5.91 Å². The molecule has 0 aromatic rings. The summed E-state index contributed by atoms with van der Waals surface area (Å²) >= 11 is 0. The first-order valence-electron chi connectivity index (χ1n) is 18.5. The molecule has 3 heterocycles. The molecule has 0 bridgehead atoms. The molecule has 0 aromatic carbocycles. The number of hydrogen-bond donors (Lipinski definition) is 5. The fourth-order valence-corrected chi connectivity index (χ4v) is 11.7. The number of nitrogens with one attached hydrogen (secondary N) is 1. The number of nitrogens with zero attached hydrogens (tertiary/aromatic N) is 1. The van der Waals surface area contributed by atoms with Crippen LogP contribution in [0.4, 0.5) is 0 Å². The van der Waals surface area contributed by atoms with E-state index in [0.29, 0.717) is 45.3 Å². The molecule has 7 aliphatic rings. The van der Waals surface area contributed by atoms with Crippen molar-refractivity contribution in [3.05, 3.63) is 11.6 Å². The molecule has 11 nitrogen and oxygen atoms in total. The highest BCUT2D eigenvalue weighted by Crippen LogP contribution is 2.69. The Balaban J connectivity index is 1.08. The summed E-state index contributed by atoms with van der Waals surface area (Å²) in [5.41, 5.74) is -3.10. The minimum absolute atomic E-state index is 0.0144. The molecule has 6 fully saturated rings. The van der Waals surface area contributed by atoms with Crippen LogP contribution < -0.4 is 5.32 Å². The second-order valence-corrected chi connectivity index (χ2v) is 17.1. The summed E-state index contributed by atoms with van der Waals surface area (Å²) < 4.78 is 17.6. The van der Waals surface area contributed by atoms with Gasteiger partial charge >= 0.3 is 0 Å². The number of carbonyl (C=O) groups excluding carboxylic acids is 2. The van der Waals surface area contributed by atoms with Crippen molar-refractivity contribution >= 4 is 11.7 Å². The van der Waals surface area contributed by atoms with E-state index in [9.17, 15) is 30.0 Å². The van der Waals surface area contributed by atoms with E-state index in [1.165, 1.54) is 0 Å². The SMILES string of the molecule is COCCCO[C@H]1CC[C@@]2(C)[C@@H](C1)C(=O)C=C1[C@@H]2CC[C@]2(C)[C@@H]([C@](C)(O)[C@H](O)[C@H]3O[C@@H]4[C@H](C[C@@H](C(=O)N5CC5)N[C@H]4O)[C@H]3C)CC[C@@]12O. The molecule has 4 aliphatic carbocycles. The van der Waals surface area contributed by atoms with Gasteiger partial charge in [0.1, 0.15) is 18.4 Å². The fraction of sp³-hybridized carbons (Fsp3) is 0.892. The van der Waals surface area contributed by atoms with Crippen LogP contribution in [0.1, 0.15) is 85.5 Å². The third-order valence-corrected chi connectivity index (χ3v) is 14.7. The van der Waals surface area contributed by atoms with Crippen molar-refractivity contribution < 1.29 is 44.2 Å². The number of carbonyl (C=O) groups is 2. The van der Waals surface area contributed by atoms with Crippen LogP contribution in [0.3, 0.4) is 0 Å². The molecule has 0 spiro atoms. The van der Waals surface area contributed by atoms with Gasteiger partial charge < -0.3 is 39.5 Å². The maximum atomic E-state index is 13.9. The Labute approximate surface area is 284 Å². The highest BCUT2D eigenvalue weighted by Gasteiger charge is 2.70. The normalized spacial score (nSPS) is 48.5. The Morgan fingerprint density at radius 3 is 2.60 bits per heavy atom. The number of allylic oxidation sites excluding steroid dienone is 1. The number of ether oxygens (including phenoxy) is 3. The highest BCUT2D eigenvalue weighted by molar-refractivity contribution is 5.95. The minimum atomic E-state index is -1.62. The van der Waals surface area contributed by atoms with Crippen LogP contribution in [0.5, 0.6) is 0 Å². The van der Waals surface area contributed by atoms with Crippen LogP contribution >= 0.6 is 0 Å². The summed E-state index contributed by atoms with van der Waals surface area (Å²) in [6, 6.07) is -0.499. The summed E-state index contributed by atoms with van der Waals surface area (Å²) in [6.45, 7) is 10.6. The Morgan fingerprint density at radius 2 is 1.90 bits per heavy atom. The third-order valence-electron chi connectivity index (χ3n) is 14.7. The summed E-state index contributed by atoms with van der Waals surface area (Å²) in [6.07, 6.45) is 4.25. The number of aliphatic hydroxyl groups excluding tert-OH is 2. The van der Waals surface area contributed by atoms with Gasteiger partial charge in [-0.3, -0.25) is 14.9 Å². The largest absolute Gasteiger partial charge is 0.387 e. The maximum Gasteiger partial charge on any atom is 0.239 e. The lowest BCUT2D eigenvalue weighted by atomic mass is 9.46. The molecule has 7 rings (SSSR count). The molecule has 0 unspecified atom stereocenters. The lowest BCUT2D eigenvalue weighted by Gasteiger charge is -2.60. The number of rotatable bonds is 9. The van der Waals surface area contributed by atoms with Gasteiger partial charge in [0.05, 0.1) is 29.5 Å². The molecule has 0 aromatic heterocycles. The first-order valence-corrected chi connectivity index (χ1v) is 18.5. The van der Waals surface area contributed by atoms with Crippen LogP contribution in [0.15, 0.2) is 11.6 Å². The van der Waals surface area contributed by atoms with Gasteiger partial charge in [-0.25, -0.2) is 0 Å². The molecule has 3 saturated heterocycles. The zero-order valence-corrected chi connectivity index (χ0v) is 29.4. The van der Waals surface area contributed by atoms with E-state index in [0.717, 1.165) is 44.3 Å². The van der Waals surface area contributed by atoms with Gasteiger partial charge in [0, 0.05) is 44.7 Å². The smallest absolute Gasteiger partial charge is 0.239 e. The van der Waals surface area contributed by atoms with Crippen LogP contribution in [0.25, 0.3) is 0 Å². The van der Waals surface area contributed by atoms with Gasteiger partial charge in [-0.05, 0) is 105 Å². The number of ketones is 1. The van der Waals surface area contributed by atoms with E-state index in [1.807, 2.05) is 13.8 Å². The van der Waals surface area contributed by atoms with Crippen LogP contribution in [-0.2, 0) is 23.8 Å². The van der Waals surface area contributed by atoms with E-state index in [4.69, 9.17) is 14.2 Å². The van der Waals surface area contributed by atoms with Crippen molar-refractivity contribution in [2.24, 2.45) is 40.4 Å². The quantitative estimate of drug-likeness (QED) is 0.181. The Bertz CT molecular complexity index is 1300. The lowest BCUT2D eigenvalue weighted by molar-refractivity contribution is -0.201. The van der Waals surface area contributed by atoms with E-state index in [1.54, 1.807) is 25.0 Å². The number of piperidine rings is 1. The van der Waals surface area contributed by atoms with Crippen molar-refractivity contribution in [2.45, 2.75) is 133 Å². The average Bonchev–Trinajstić information content (AvgIpc) is 3.78. The molecule has 5 N–H and O–H groups in total.